The van der Waals surface area contributed by atoms with E-state index >= 15 is 0 Å². The molecule has 0 saturated heterocycles. The Bertz CT molecular complexity index is 3150. The molecule has 10 aromatic carbocycles. The Morgan fingerprint density at radius 2 is 0.800 bits per heavy atom. The van der Waals surface area contributed by atoms with E-state index in [-0.39, 0.29) is 5.41 Å². The quantitative estimate of drug-likeness (QED) is 0.161. The van der Waals surface area contributed by atoms with Crippen LogP contribution in [0.4, 0.5) is 0 Å². The number of hydrogen-bond donors (Lipinski definition) is 0. The van der Waals surface area contributed by atoms with Crippen LogP contribution >= 0.6 is 0 Å². The van der Waals surface area contributed by atoms with Crippen LogP contribution in [0.3, 0.4) is 0 Å². The molecule has 0 heteroatoms. The highest BCUT2D eigenvalue weighted by Gasteiger charge is 2.35. The van der Waals surface area contributed by atoms with Crippen molar-refractivity contribution in [3.8, 4) is 55.6 Å². The lowest BCUT2D eigenvalue weighted by Crippen LogP contribution is -2.14. The van der Waals surface area contributed by atoms with Gasteiger partial charge in [-0.05, 0) is 128 Å². The van der Waals surface area contributed by atoms with Gasteiger partial charge in [0.15, 0.2) is 0 Å². The second kappa shape index (κ2) is 12.1. The molecule has 55 heavy (non-hydrogen) atoms. The second-order valence-corrected chi connectivity index (χ2v) is 15.7. The fraction of sp³-hybridized carbons (Fsp3) is 0.0545. The maximum absolute atomic E-state index is 2.43. The molecule has 0 bridgehead atoms. The minimum absolute atomic E-state index is 0.0335. The number of hydrogen-bond acceptors (Lipinski definition) is 0. The molecule has 0 nitrogen and oxygen atoms in total. The Labute approximate surface area is 322 Å². The van der Waals surface area contributed by atoms with Crippen LogP contribution in [0.15, 0.2) is 194 Å². The molecule has 0 saturated carbocycles. The fourth-order valence-electron chi connectivity index (χ4n) is 9.48. The van der Waals surface area contributed by atoms with Gasteiger partial charge in [0, 0.05) is 5.41 Å². The lowest BCUT2D eigenvalue weighted by Gasteiger charge is -2.22. The minimum Gasteiger partial charge on any atom is -0.0619 e. The summed E-state index contributed by atoms with van der Waals surface area (Å²) >= 11 is 0. The molecule has 0 spiro atoms. The second-order valence-electron chi connectivity index (χ2n) is 15.7. The third-order valence-electron chi connectivity index (χ3n) is 12.3. The third kappa shape index (κ3) is 4.92. The summed E-state index contributed by atoms with van der Waals surface area (Å²) in [7, 11) is 0. The molecule has 11 rings (SSSR count). The molecule has 0 heterocycles. The largest absolute Gasteiger partial charge is 0.0619 e. The normalized spacial score (nSPS) is 13.1. The van der Waals surface area contributed by atoms with Gasteiger partial charge < -0.3 is 0 Å². The van der Waals surface area contributed by atoms with Gasteiger partial charge in [-0.25, -0.2) is 0 Å². The zero-order valence-corrected chi connectivity index (χ0v) is 31.0. The molecule has 0 atom stereocenters. The highest BCUT2D eigenvalue weighted by Crippen LogP contribution is 2.50. The average molecular weight is 699 g/mol. The van der Waals surface area contributed by atoms with E-state index in [1.54, 1.807) is 0 Å². The summed E-state index contributed by atoms with van der Waals surface area (Å²) in [4.78, 5) is 0. The van der Waals surface area contributed by atoms with E-state index in [1.165, 1.54) is 110 Å². The van der Waals surface area contributed by atoms with E-state index in [4.69, 9.17) is 0 Å². The topological polar surface area (TPSA) is 0 Å². The molecule has 0 amide bonds. The van der Waals surface area contributed by atoms with Gasteiger partial charge in [0.05, 0.1) is 0 Å². The van der Waals surface area contributed by atoms with Crippen LogP contribution in [0.1, 0.15) is 25.0 Å². The van der Waals surface area contributed by atoms with Crippen LogP contribution in [0.2, 0.25) is 0 Å². The first-order valence-electron chi connectivity index (χ1n) is 19.3. The number of rotatable bonds is 4. The van der Waals surface area contributed by atoms with Gasteiger partial charge in [-0.2, -0.15) is 0 Å². The Morgan fingerprint density at radius 3 is 1.64 bits per heavy atom. The van der Waals surface area contributed by atoms with E-state index < -0.39 is 0 Å². The standard InChI is InChI=1S/C55H38/c1-55(2)51-21-10-9-17-44(51)45-30-28-42(34-52(45)55)36-22-25-38(26-23-36)53-47-18-7-8-19-48(47)54(46-20-11-15-37-13-5-6-16-43(37)46)49-31-29-41(33-50(49)53)40-27-24-35-12-3-4-14-39(35)32-40/h3-34H,1-2H3. The summed E-state index contributed by atoms with van der Waals surface area (Å²) in [6.07, 6.45) is 0. The fourth-order valence-corrected chi connectivity index (χ4v) is 9.48. The maximum Gasteiger partial charge on any atom is 0.0159 e. The Balaban J connectivity index is 1.13. The zero-order chi connectivity index (χ0) is 36.7. The SMILES string of the molecule is CC1(C)c2ccccc2-c2ccc(-c3ccc(-c4c5ccccc5c(-c5cccc6ccccc56)c5ccc(-c6ccc7ccccc7c6)cc45)cc3)cc21. The summed E-state index contributed by atoms with van der Waals surface area (Å²) in [5, 5.41) is 10.1. The van der Waals surface area contributed by atoms with Crippen molar-refractivity contribution in [1.82, 2.24) is 0 Å². The smallest absolute Gasteiger partial charge is 0.0159 e. The van der Waals surface area contributed by atoms with E-state index in [1.807, 2.05) is 0 Å². The van der Waals surface area contributed by atoms with Gasteiger partial charge in [-0.15, -0.1) is 0 Å². The van der Waals surface area contributed by atoms with Crippen LogP contribution in [0.5, 0.6) is 0 Å². The summed E-state index contributed by atoms with van der Waals surface area (Å²) in [6.45, 7) is 4.71. The van der Waals surface area contributed by atoms with Gasteiger partial charge in [-0.3, -0.25) is 0 Å². The molecule has 0 aliphatic heterocycles. The van der Waals surface area contributed by atoms with Gasteiger partial charge in [0.25, 0.3) is 0 Å². The average Bonchev–Trinajstić information content (AvgIpc) is 3.47. The molecule has 10 aromatic rings. The summed E-state index contributed by atoms with van der Waals surface area (Å²) in [6, 6.07) is 72.3. The predicted molar refractivity (Wildman–Crippen MR) is 236 cm³/mol. The molecule has 258 valence electrons. The molecule has 0 fully saturated rings. The van der Waals surface area contributed by atoms with E-state index in [0.717, 1.165) is 0 Å². The maximum atomic E-state index is 2.43. The Kier molecular flexibility index (Phi) is 7.00. The molecule has 0 aromatic heterocycles. The molecule has 0 N–H and O–H groups in total. The first-order valence-corrected chi connectivity index (χ1v) is 19.3. The van der Waals surface area contributed by atoms with E-state index in [9.17, 15) is 0 Å². The molecule has 1 aliphatic rings. The molecular formula is C55H38. The first kappa shape index (κ1) is 31.7. The number of fused-ring (bicyclic) bond motifs is 7. The first-order chi connectivity index (χ1) is 27.0. The third-order valence-corrected chi connectivity index (χ3v) is 12.3. The zero-order valence-electron chi connectivity index (χ0n) is 31.0. The van der Waals surface area contributed by atoms with Gasteiger partial charge in [0.1, 0.15) is 0 Å². The highest BCUT2D eigenvalue weighted by molar-refractivity contribution is 6.24. The van der Waals surface area contributed by atoms with E-state index in [0.29, 0.717) is 0 Å². The molecule has 1 aliphatic carbocycles. The van der Waals surface area contributed by atoms with Crippen molar-refractivity contribution < 1.29 is 0 Å². The van der Waals surface area contributed by atoms with Crippen LogP contribution in [0, 0.1) is 0 Å². The Morgan fingerprint density at radius 1 is 0.273 bits per heavy atom. The lowest BCUT2D eigenvalue weighted by molar-refractivity contribution is 0.660. The van der Waals surface area contributed by atoms with Crippen molar-refractivity contribution >= 4 is 43.1 Å². The van der Waals surface area contributed by atoms with E-state index in [2.05, 4.69) is 208 Å². The molecule has 0 radical (unpaired) electrons. The van der Waals surface area contributed by atoms with Gasteiger partial charge in [0.2, 0.25) is 0 Å². The Hall–Kier alpha value is -6.76. The number of benzene rings is 10. The van der Waals surface area contributed by atoms with Crippen LogP contribution in [0.25, 0.3) is 98.7 Å². The van der Waals surface area contributed by atoms with Crippen LogP contribution in [-0.2, 0) is 5.41 Å². The minimum atomic E-state index is -0.0335. The monoisotopic (exact) mass is 698 g/mol. The highest BCUT2D eigenvalue weighted by atomic mass is 14.4. The summed E-state index contributed by atoms with van der Waals surface area (Å²) in [5.74, 6) is 0. The van der Waals surface area contributed by atoms with Gasteiger partial charge in [-0.1, -0.05) is 190 Å². The van der Waals surface area contributed by atoms with Crippen LogP contribution in [-0.4, -0.2) is 0 Å². The van der Waals surface area contributed by atoms with Crippen LogP contribution < -0.4 is 0 Å². The van der Waals surface area contributed by atoms with Crippen molar-refractivity contribution in [3.05, 3.63) is 205 Å². The molecule has 0 unspecified atom stereocenters. The van der Waals surface area contributed by atoms with Crippen molar-refractivity contribution in [1.29, 1.82) is 0 Å². The van der Waals surface area contributed by atoms with Crippen molar-refractivity contribution in [2.24, 2.45) is 0 Å². The molecular weight excluding hydrogens is 661 g/mol. The van der Waals surface area contributed by atoms with Gasteiger partial charge >= 0.3 is 0 Å². The summed E-state index contributed by atoms with van der Waals surface area (Å²) < 4.78 is 0. The van der Waals surface area contributed by atoms with Crippen molar-refractivity contribution in [2.75, 3.05) is 0 Å². The predicted octanol–water partition coefficient (Wildman–Crippen LogP) is 15.3. The lowest BCUT2D eigenvalue weighted by atomic mass is 9.81. The van der Waals surface area contributed by atoms with Crippen molar-refractivity contribution in [2.45, 2.75) is 19.3 Å². The van der Waals surface area contributed by atoms with Crippen molar-refractivity contribution in [3.63, 3.8) is 0 Å². The summed E-state index contributed by atoms with van der Waals surface area (Å²) in [5.41, 5.74) is 15.5.